The lowest BCUT2D eigenvalue weighted by Crippen LogP contribution is -2.15. The number of rotatable bonds is 2. The van der Waals surface area contributed by atoms with E-state index < -0.39 is 0 Å². The fourth-order valence-electron chi connectivity index (χ4n) is 1.40. The van der Waals surface area contributed by atoms with E-state index in [1.807, 2.05) is 6.07 Å². The van der Waals surface area contributed by atoms with E-state index in [-0.39, 0.29) is 11.6 Å². The first-order chi connectivity index (χ1) is 8.70. The monoisotopic (exact) mass is 238 g/mol. The first kappa shape index (κ1) is 11.7. The lowest BCUT2D eigenvalue weighted by atomic mass is 10.2. The van der Waals surface area contributed by atoms with E-state index in [1.54, 1.807) is 43.3 Å². The average Bonchev–Trinajstić information content (AvgIpc) is 2.40. The van der Waals surface area contributed by atoms with Crippen molar-refractivity contribution in [2.24, 2.45) is 0 Å². The number of para-hydroxylation sites is 1. The molecule has 0 aliphatic rings. The molecule has 1 heterocycles. The summed E-state index contributed by atoms with van der Waals surface area (Å²) in [5, 5.41) is 19.1. The van der Waals surface area contributed by atoms with Crippen LogP contribution in [0.1, 0.15) is 21.7 Å². The molecule has 1 amide bonds. The Kier molecular flexibility index (Phi) is 3.30. The largest absolute Gasteiger partial charge is 0.319 e. The predicted octanol–water partition coefficient (Wildman–Crippen LogP) is 1.91. The van der Waals surface area contributed by atoms with Gasteiger partial charge in [0.15, 0.2) is 5.69 Å². The Morgan fingerprint density at radius 3 is 2.67 bits per heavy atom. The van der Waals surface area contributed by atoms with Crippen molar-refractivity contribution in [3.8, 4) is 6.07 Å². The molecule has 0 saturated carbocycles. The number of hydrogen-bond acceptors (Lipinski definition) is 4. The molecule has 0 bridgehead atoms. The predicted molar refractivity (Wildman–Crippen MR) is 65.9 cm³/mol. The zero-order chi connectivity index (χ0) is 13.0. The van der Waals surface area contributed by atoms with E-state index in [2.05, 4.69) is 15.5 Å². The summed E-state index contributed by atoms with van der Waals surface area (Å²) >= 11 is 0. The second kappa shape index (κ2) is 5.06. The molecule has 2 rings (SSSR count). The summed E-state index contributed by atoms with van der Waals surface area (Å²) in [5.74, 6) is -0.384. The van der Waals surface area contributed by atoms with Gasteiger partial charge in [-0.05, 0) is 31.2 Å². The molecular weight excluding hydrogens is 228 g/mol. The fraction of sp³-hybridized carbons (Fsp3) is 0.0769. The number of anilines is 1. The highest BCUT2D eigenvalue weighted by Gasteiger charge is 2.10. The quantitative estimate of drug-likeness (QED) is 0.866. The van der Waals surface area contributed by atoms with Crippen molar-refractivity contribution in [3.05, 3.63) is 53.3 Å². The number of aryl methyl sites for hydroxylation is 1. The number of carbonyl (C=O) groups is 1. The van der Waals surface area contributed by atoms with Crippen molar-refractivity contribution < 1.29 is 4.79 Å². The maximum Gasteiger partial charge on any atom is 0.276 e. The summed E-state index contributed by atoms with van der Waals surface area (Å²) in [7, 11) is 0. The van der Waals surface area contributed by atoms with Gasteiger partial charge < -0.3 is 5.32 Å². The fourth-order valence-corrected chi connectivity index (χ4v) is 1.40. The number of nitriles is 1. The Hall–Kier alpha value is -2.74. The molecule has 18 heavy (non-hydrogen) atoms. The van der Waals surface area contributed by atoms with Crippen LogP contribution in [-0.4, -0.2) is 16.1 Å². The van der Waals surface area contributed by atoms with Gasteiger partial charge in [-0.1, -0.05) is 12.1 Å². The van der Waals surface area contributed by atoms with Crippen LogP contribution < -0.4 is 5.32 Å². The molecule has 2 aromatic rings. The number of nitrogens with one attached hydrogen (secondary N) is 1. The first-order valence-electron chi connectivity index (χ1n) is 5.31. The van der Waals surface area contributed by atoms with Crippen LogP contribution in [0, 0.1) is 18.3 Å². The molecule has 1 aromatic heterocycles. The molecule has 88 valence electrons. The molecule has 5 nitrogen and oxygen atoms in total. The lowest BCUT2D eigenvalue weighted by molar-refractivity contribution is 0.102. The van der Waals surface area contributed by atoms with Crippen LogP contribution >= 0.6 is 0 Å². The van der Waals surface area contributed by atoms with E-state index >= 15 is 0 Å². The van der Waals surface area contributed by atoms with Gasteiger partial charge in [0.05, 0.1) is 16.9 Å². The number of hydrogen-bond donors (Lipinski definition) is 1. The van der Waals surface area contributed by atoms with Gasteiger partial charge in [-0.2, -0.15) is 10.4 Å². The van der Waals surface area contributed by atoms with E-state index in [0.717, 1.165) is 5.69 Å². The Morgan fingerprint density at radius 1 is 1.22 bits per heavy atom. The van der Waals surface area contributed by atoms with Crippen molar-refractivity contribution >= 4 is 11.6 Å². The average molecular weight is 238 g/mol. The van der Waals surface area contributed by atoms with Crippen LogP contribution in [0.15, 0.2) is 36.4 Å². The highest BCUT2D eigenvalue weighted by atomic mass is 16.1. The number of benzene rings is 1. The lowest BCUT2D eigenvalue weighted by Gasteiger charge is -2.05. The van der Waals surface area contributed by atoms with E-state index in [4.69, 9.17) is 5.26 Å². The van der Waals surface area contributed by atoms with Crippen molar-refractivity contribution in [1.82, 2.24) is 10.2 Å². The number of carbonyl (C=O) groups excluding carboxylic acids is 1. The second-order valence-corrected chi connectivity index (χ2v) is 3.67. The molecule has 1 aromatic carbocycles. The zero-order valence-corrected chi connectivity index (χ0v) is 9.71. The topological polar surface area (TPSA) is 78.7 Å². The summed E-state index contributed by atoms with van der Waals surface area (Å²) in [4.78, 5) is 11.9. The van der Waals surface area contributed by atoms with E-state index in [0.29, 0.717) is 11.3 Å². The number of nitrogens with zero attached hydrogens (tertiary/aromatic N) is 3. The van der Waals surface area contributed by atoms with E-state index in [1.165, 1.54) is 0 Å². The third-order valence-corrected chi connectivity index (χ3v) is 2.33. The van der Waals surface area contributed by atoms with Gasteiger partial charge in [-0.25, -0.2) is 0 Å². The van der Waals surface area contributed by atoms with Crippen molar-refractivity contribution in [2.75, 3.05) is 5.32 Å². The molecule has 0 aliphatic heterocycles. The van der Waals surface area contributed by atoms with Crippen molar-refractivity contribution in [3.63, 3.8) is 0 Å². The maximum absolute atomic E-state index is 11.9. The Labute approximate surface area is 104 Å². The minimum atomic E-state index is -0.384. The summed E-state index contributed by atoms with van der Waals surface area (Å²) in [6, 6.07) is 12.1. The second-order valence-electron chi connectivity index (χ2n) is 3.67. The van der Waals surface area contributed by atoms with Gasteiger partial charge in [0, 0.05) is 0 Å². The summed E-state index contributed by atoms with van der Waals surface area (Å²) in [6.07, 6.45) is 0. The van der Waals surface area contributed by atoms with Crippen molar-refractivity contribution in [2.45, 2.75) is 6.92 Å². The zero-order valence-electron chi connectivity index (χ0n) is 9.71. The van der Waals surface area contributed by atoms with Crippen LogP contribution in [0.3, 0.4) is 0 Å². The van der Waals surface area contributed by atoms with Crippen molar-refractivity contribution in [1.29, 1.82) is 5.26 Å². The van der Waals surface area contributed by atoms with Crippen LogP contribution in [0.2, 0.25) is 0 Å². The molecule has 0 fully saturated rings. The van der Waals surface area contributed by atoms with Crippen LogP contribution in [-0.2, 0) is 0 Å². The van der Waals surface area contributed by atoms with Crippen LogP contribution in [0.5, 0.6) is 0 Å². The molecule has 0 saturated heterocycles. The summed E-state index contributed by atoms with van der Waals surface area (Å²) in [5.41, 5.74) is 1.83. The van der Waals surface area contributed by atoms with Crippen LogP contribution in [0.4, 0.5) is 5.69 Å². The third-order valence-electron chi connectivity index (χ3n) is 2.33. The minimum absolute atomic E-state index is 0.216. The molecular formula is C13H10N4O. The van der Waals surface area contributed by atoms with Gasteiger partial charge in [0.25, 0.3) is 5.91 Å². The maximum atomic E-state index is 11.9. The minimum Gasteiger partial charge on any atom is -0.319 e. The number of aromatic nitrogens is 2. The normalized spacial score (nSPS) is 9.56. The van der Waals surface area contributed by atoms with E-state index in [9.17, 15) is 4.79 Å². The SMILES string of the molecule is Cc1ccc(C(=O)Nc2ccccc2C#N)nn1. The highest BCUT2D eigenvalue weighted by molar-refractivity contribution is 6.03. The molecule has 0 atom stereocenters. The smallest absolute Gasteiger partial charge is 0.276 e. The van der Waals surface area contributed by atoms with Gasteiger partial charge in [-0.3, -0.25) is 4.79 Å². The highest BCUT2D eigenvalue weighted by Crippen LogP contribution is 2.14. The van der Waals surface area contributed by atoms with Gasteiger partial charge in [0.2, 0.25) is 0 Å². The van der Waals surface area contributed by atoms with Crippen LogP contribution in [0.25, 0.3) is 0 Å². The summed E-state index contributed by atoms with van der Waals surface area (Å²) < 4.78 is 0. The first-order valence-corrected chi connectivity index (χ1v) is 5.31. The van der Waals surface area contributed by atoms with Gasteiger partial charge in [0.1, 0.15) is 6.07 Å². The standard InChI is InChI=1S/C13H10N4O/c1-9-6-7-12(17-16-9)13(18)15-11-5-3-2-4-10(11)8-14/h2-7H,1H3,(H,15,18). The molecule has 0 unspecified atom stereocenters. The molecule has 0 aliphatic carbocycles. The Balaban J connectivity index is 2.22. The molecule has 5 heteroatoms. The Bertz CT molecular complexity index is 614. The molecule has 0 radical (unpaired) electrons. The van der Waals surface area contributed by atoms with Gasteiger partial charge >= 0.3 is 0 Å². The number of amides is 1. The Morgan fingerprint density at radius 2 is 2.00 bits per heavy atom. The third kappa shape index (κ3) is 2.50. The van der Waals surface area contributed by atoms with Gasteiger partial charge in [-0.15, -0.1) is 5.10 Å². The molecule has 0 spiro atoms. The summed E-state index contributed by atoms with van der Waals surface area (Å²) in [6.45, 7) is 1.79. The molecule has 1 N–H and O–H groups in total.